The maximum absolute atomic E-state index is 13.1. The predicted molar refractivity (Wildman–Crippen MR) is 199 cm³/mol. The number of carbonyl (C=O) groups is 2. The average molecular weight is 704 g/mol. The Hall–Kier alpha value is -5.43. The van der Waals surface area contributed by atoms with Gasteiger partial charge in [-0.15, -0.1) is 16.8 Å². The monoisotopic (exact) mass is 703 g/mol. The Kier molecular flexibility index (Phi) is 8.60. The summed E-state index contributed by atoms with van der Waals surface area (Å²) in [5.41, 5.74) is 10.2. The van der Waals surface area contributed by atoms with Crippen molar-refractivity contribution in [2.75, 3.05) is 54.9 Å². The molecule has 4 aliphatic rings. The zero-order valence-corrected chi connectivity index (χ0v) is 29.5. The van der Waals surface area contributed by atoms with E-state index >= 15 is 0 Å². The van der Waals surface area contributed by atoms with Crippen LogP contribution in [0.15, 0.2) is 73.6 Å². The van der Waals surface area contributed by atoms with Crippen LogP contribution in [0.3, 0.4) is 0 Å². The molecule has 8 rings (SSSR count). The number of piperazine rings is 1. The molecule has 1 aliphatic carbocycles. The maximum Gasteiger partial charge on any atom is 0.252 e. The number of nitrogen functional groups attached to an aromatic ring is 1. The second kappa shape index (κ2) is 13.3. The van der Waals surface area contributed by atoms with Gasteiger partial charge in [0.05, 0.1) is 36.0 Å². The highest BCUT2D eigenvalue weighted by Gasteiger charge is 2.46. The quantitative estimate of drug-likeness (QED) is 0.185. The Bertz CT molecular complexity index is 2010. The van der Waals surface area contributed by atoms with Crippen LogP contribution in [0.5, 0.6) is 11.5 Å². The smallest absolute Gasteiger partial charge is 0.252 e. The predicted octanol–water partition coefficient (Wildman–Crippen LogP) is 4.42. The number of hydrogen-bond donors (Lipinski definition) is 3. The van der Waals surface area contributed by atoms with Gasteiger partial charge in [-0.3, -0.25) is 19.8 Å². The Morgan fingerprint density at radius 2 is 1.79 bits per heavy atom. The van der Waals surface area contributed by atoms with Crippen molar-refractivity contribution in [2.24, 2.45) is 0 Å². The highest BCUT2D eigenvalue weighted by atomic mass is 16.5. The molecule has 4 N–H and O–H groups in total. The number of anilines is 3. The minimum absolute atomic E-state index is 0.0781. The molecule has 3 aliphatic heterocycles. The van der Waals surface area contributed by atoms with Crippen molar-refractivity contribution in [3.8, 4) is 28.4 Å². The Balaban J connectivity index is 0.929. The summed E-state index contributed by atoms with van der Waals surface area (Å²) in [5.74, 6) is 1.15. The third-order valence-electron chi connectivity index (χ3n) is 11.8. The number of fused-ring (bicyclic) bond motifs is 1. The fourth-order valence-corrected chi connectivity index (χ4v) is 8.65. The SMILES string of the molecule is C=CC1(N2CCN(c3cnn(-c4cc(-c5ccccc5O)nnc4N)c3)CC2)CCC(c2cccc3c2OCCN3[C@]2(C)CCC(=O)NC2=O)CC1. The van der Waals surface area contributed by atoms with Crippen molar-refractivity contribution in [3.63, 3.8) is 0 Å². The second-order valence-electron chi connectivity index (χ2n) is 14.6. The molecule has 0 bridgehead atoms. The van der Waals surface area contributed by atoms with E-state index in [-0.39, 0.29) is 28.9 Å². The van der Waals surface area contributed by atoms with Gasteiger partial charge in [-0.05, 0) is 74.8 Å². The molecule has 13 heteroatoms. The number of imide groups is 1. The molecule has 2 amide bonds. The normalized spacial score (nSPS) is 25.3. The number of amides is 2. The van der Waals surface area contributed by atoms with Crippen LogP contribution in [-0.4, -0.2) is 92.2 Å². The van der Waals surface area contributed by atoms with Gasteiger partial charge < -0.3 is 25.4 Å². The number of hydrogen-bond acceptors (Lipinski definition) is 11. The molecule has 270 valence electrons. The lowest BCUT2D eigenvalue weighted by Gasteiger charge is -2.50. The van der Waals surface area contributed by atoms with Crippen LogP contribution in [0.2, 0.25) is 0 Å². The number of aromatic hydroxyl groups is 1. The number of aromatic nitrogens is 4. The summed E-state index contributed by atoms with van der Waals surface area (Å²) in [6.45, 7) is 10.9. The molecule has 4 aromatic rings. The molecule has 2 aromatic carbocycles. The topological polar surface area (TPSA) is 155 Å². The molecule has 2 aromatic heterocycles. The van der Waals surface area contributed by atoms with Crippen LogP contribution in [0.4, 0.5) is 17.2 Å². The first-order valence-electron chi connectivity index (χ1n) is 18.2. The Morgan fingerprint density at radius 1 is 1.00 bits per heavy atom. The molecule has 0 unspecified atom stereocenters. The summed E-state index contributed by atoms with van der Waals surface area (Å²) in [4.78, 5) is 32.1. The van der Waals surface area contributed by atoms with Crippen LogP contribution in [-0.2, 0) is 9.59 Å². The first-order chi connectivity index (χ1) is 25.2. The van der Waals surface area contributed by atoms with Crippen molar-refractivity contribution in [1.82, 2.24) is 30.2 Å². The van der Waals surface area contributed by atoms with Gasteiger partial charge in [0, 0.05) is 43.7 Å². The van der Waals surface area contributed by atoms with Crippen molar-refractivity contribution in [1.29, 1.82) is 0 Å². The molecule has 13 nitrogen and oxygen atoms in total. The van der Waals surface area contributed by atoms with E-state index in [9.17, 15) is 14.7 Å². The highest BCUT2D eigenvalue weighted by Crippen LogP contribution is 2.49. The van der Waals surface area contributed by atoms with Gasteiger partial charge in [0.15, 0.2) is 5.82 Å². The zero-order chi connectivity index (χ0) is 36.0. The van der Waals surface area contributed by atoms with Gasteiger partial charge in [0.1, 0.15) is 29.3 Å². The van der Waals surface area contributed by atoms with Gasteiger partial charge in [-0.1, -0.05) is 30.3 Å². The average Bonchev–Trinajstić information content (AvgIpc) is 3.67. The minimum atomic E-state index is -0.795. The standard InChI is InChI=1S/C39H45N9O4/c1-3-39(15-11-26(12-16-39)28-8-6-9-31-35(28)52-22-21-47(31)38(2)14-13-34(50)42-37(38)51)46-19-17-45(18-20-46)27-24-41-48(25-27)32-23-30(43-44-36(32)40)29-7-4-5-10-33(29)49/h3-10,23-26,49H,1,11-22H2,2H3,(H2,40,44)(H,42,50,51)/t26?,38-,39?/m1/s1. The van der Waals surface area contributed by atoms with Crippen molar-refractivity contribution >= 4 is 29.0 Å². The molecule has 1 atom stereocenters. The highest BCUT2D eigenvalue weighted by molar-refractivity contribution is 6.04. The molecule has 0 spiro atoms. The van der Waals surface area contributed by atoms with Crippen LogP contribution in [0, 0.1) is 0 Å². The van der Waals surface area contributed by atoms with Crippen molar-refractivity contribution in [2.45, 2.75) is 62.4 Å². The fraction of sp³-hybridized carbons (Fsp3) is 0.410. The molecular formula is C39H45N9O4. The molecule has 5 heterocycles. The van der Waals surface area contributed by atoms with Crippen molar-refractivity contribution < 1.29 is 19.4 Å². The molecular weight excluding hydrogens is 658 g/mol. The second-order valence-corrected chi connectivity index (χ2v) is 14.6. The van der Waals surface area contributed by atoms with Crippen LogP contribution < -0.4 is 25.6 Å². The van der Waals surface area contributed by atoms with E-state index in [1.807, 2.05) is 31.5 Å². The number of rotatable bonds is 7. The lowest BCUT2D eigenvalue weighted by Crippen LogP contribution is -2.63. The van der Waals surface area contributed by atoms with Crippen LogP contribution >= 0.6 is 0 Å². The van der Waals surface area contributed by atoms with Crippen LogP contribution in [0.1, 0.15) is 56.9 Å². The number of benzene rings is 2. The van der Waals surface area contributed by atoms with E-state index in [4.69, 9.17) is 10.5 Å². The number of ether oxygens (including phenoxy) is 1. The van der Waals surface area contributed by atoms with E-state index in [2.05, 4.69) is 60.1 Å². The first kappa shape index (κ1) is 33.7. The molecule has 3 fully saturated rings. The van der Waals surface area contributed by atoms with E-state index in [0.29, 0.717) is 48.9 Å². The third-order valence-corrected chi connectivity index (χ3v) is 11.8. The van der Waals surface area contributed by atoms with E-state index in [0.717, 1.165) is 69.0 Å². The van der Waals surface area contributed by atoms with E-state index in [1.54, 1.807) is 28.9 Å². The molecule has 2 saturated heterocycles. The minimum Gasteiger partial charge on any atom is -0.507 e. The lowest BCUT2D eigenvalue weighted by molar-refractivity contribution is -0.137. The van der Waals surface area contributed by atoms with Crippen molar-refractivity contribution in [3.05, 3.63) is 79.1 Å². The largest absolute Gasteiger partial charge is 0.507 e. The first-order valence-corrected chi connectivity index (χ1v) is 18.2. The number of nitrogens with two attached hydrogens (primary N) is 1. The number of piperidine rings is 1. The maximum atomic E-state index is 13.1. The zero-order valence-electron chi connectivity index (χ0n) is 29.5. The van der Waals surface area contributed by atoms with E-state index in [1.165, 1.54) is 5.56 Å². The van der Waals surface area contributed by atoms with Gasteiger partial charge in [-0.25, -0.2) is 4.68 Å². The van der Waals surface area contributed by atoms with Gasteiger partial charge >= 0.3 is 0 Å². The Morgan fingerprint density at radius 3 is 2.54 bits per heavy atom. The number of nitrogens with zero attached hydrogens (tertiary/aromatic N) is 7. The summed E-state index contributed by atoms with van der Waals surface area (Å²) in [6.07, 6.45) is 10.8. The van der Waals surface area contributed by atoms with Crippen LogP contribution in [0.25, 0.3) is 16.9 Å². The van der Waals surface area contributed by atoms with Gasteiger partial charge in [0.25, 0.3) is 5.91 Å². The number of para-hydroxylation sites is 2. The lowest BCUT2D eigenvalue weighted by atomic mass is 9.72. The van der Waals surface area contributed by atoms with Gasteiger partial charge in [-0.2, -0.15) is 5.10 Å². The Labute approximate surface area is 303 Å². The number of nitrogens with one attached hydrogen (secondary N) is 1. The summed E-state index contributed by atoms with van der Waals surface area (Å²) in [6, 6.07) is 15.1. The number of phenolic OH excluding ortho intramolecular Hbond substituents is 1. The summed E-state index contributed by atoms with van der Waals surface area (Å²) < 4.78 is 8.06. The van der Waals surface area contributed by atoms with Gasteiger partial charge in [0.2, 0.25) is 5.91 Å². The fourth-order valence-electron chi connectivity index (χ4n) is 8.65. The molecule has 0 radical (unpaired) electrons. The number of carbonyl (C=O) groups excluding carboxylic acids is 2. The summed E-state index contributed by atoms with van der Waals surface area (Å²) >= 11 is 0. The number of phenols is 1. The summed E-state index contributed by atoms with van der Waals surface area (Å²) in [5, 5.41) is 25.8. The molecule has 52 heavy (non-hydrogen) atoms. The summed E-state index contributed by atoms with van der Waals surface area (Å²) in [7, 11) is 0. The molecule has 1 saturated carbocycles. The third kappa shape index (κ3) is 5.82. The van der Waals surface area contributed by atoms with E-state index < -0.39 is 5.54 Å².